The third-order valence-corrected chi connectivity index (χ3v) is 20.4. The van der Waals surface area contributed by atoms with Crippen molar-refractivity contribution in [1.29, 1.82) is 0 Å². The van der Waals surface area contributed by atoms with Crippen LogP contribution in [-0.2, 0) is 16.2 Å². The van der Waals surface area contributed by atoms with E-state index in [1.54, 1.807) is 0 Å². The predicted octanol–water partition coefficient (Wildman–Crippen LogP) is 22.5. The fraction of sp³-hybridized carbons (Fsp3) is 0.133. The molecule has 0 aliphatic carbocycles. The Hall–Kier alpha value is -10.9. The lowest BCUT2D eigenvalue weighted by Crippen LogP contribution is -2.61. The van der Waals surface area contributed by atoms with E-state index in [-0.39, 0.29) is 23.0 Å². The van der Waals surface area contributed by atoms with Crippen LogP contribution in [0.3, 0.4) is 0 Å². The minimum atomic E-state index is -0.246. The van der Waals surface area contributed by atoms with Crippen LogP contribution in [-0.4, -0.2) is 15.8 Å². The summed E-state index contributed by atoms with van der Waals surface area (Å²) in [4.78, 5) is 5.30. The summed E-state index contributed by atoms with van der Waals surface area (Å²) < 4.78 is 5.12. The summed E-state index contributed by atoms with van der Waals surface area (Å²) in [5.74, 6) is 0. The zero-order valence-corrected chi connectivity index (χ0v) is 55.6. The number of anilines is 6. The average molecular weight is 1220 g/mol. The van der Waals surface area contributed by atoms with Crippen molar-refractivity contribution in [2.75, 3.05) is 9.80 Å². The SMILES string of the molecule is CC(C)(C)c1ccc(-c2cccc(-c3ccc(C(C)(C)C)cc3)c2-n2c3ccccc3c3c4c(ccc32)N(c2ccccc2-c2ccccc2)c2cc(C(C)(C)C)cc3c2B4c2ccc(-n4c5ccccc5c5ccccc54)cc2N3c2ccccc2-c2ccccc2)cc1. The highest BCUT2D eigenvalue weighted by molar-refractivity contribution is 7.02. The van der Waals surface area contributed by atoms with E-state index in [1.807, 2.05) is 0 Å². The van der Waals surface area contributed by atoms with Gasteiger partial charge in [-0.2, -0.15) is 0 Å². The number of aromatic nitrogens is 2. The summed E-state index contributed by atoms with van der Waals surface area (Å²) in [6, 6.07) is 110. The Morgan fingerprint density at radius 2 is 0.684 bits per heavy atom. The van der Waals surface area contributed by atoms with Crippen LogP contribution in [0, 0.1) is 0 Å². The van der Waals surface area contributed by atoms with Crippen molar-refractivity contribution >= 4 is 101 Å². The maximum absolute atomic E-state index is 2.65. The van der Waals surface area contributed by atoms with Gasteiger partial charge in [-0.15, -0.1) is 0 Å². The van der Waals surface area contributed by atoms with Crippen molar-refractivity contribution in [3.05, 3.63) is 308 Å². The van der Waals surface area contributed by atoms with Crippen LogP contribution in [0.1, 0.15) is 79.0 Å². The molecular weight excluding hydrogens is 1150 g/mol. The van der Waals surface area contributed by atoms with Gasteiger partial charge in [-0.3, -0.25) is 0 Å². The van der Waals surface area contributed by atoms with E-state index < -0.39 is 0 Å². The number of rotatable bonds is 8. The summed E-state index contributed by atoms with van der Waals surface area (Å²) in [7, 11) is 0. The minimum absolute atomic E-state index is 0.00112. The Labute approximate surface area is 558 Å². The Bertz CT molecular complexity index is 5410. The summed E-state index contributed by atoms with van der Waals surface area (Å²) in [5.41, 5.74) is 30.7. The average Bonchev–Trinajstić information content (AvgIpc) is 1.67. The molecule has 2 aliphatic heterocycles. The molecule has 13 aromatic carbocycles. The van der Waals surface area contributed by atoms with Gasteiger partial charge in [0.15, 0.2) is 0 Å². The normalized spacial score (nSPS) is 13.0. The van der Waals surface area contributed by atoms with Crippen molar-refractivity contribution in [2.45, 2.75) is 78.6 Å². The highest BCUT2D eigenvalue weighted by Gasteiger charge is 2.47. The highest BCUT2D eigenvalue weighted by Crippen LogP contribution is 2.52. The largest absolute Gasteiger partial charge is 0.311 e. The molecule has 95 heavy (non-hydrogen) atoms. The van der Waals surface area contributed by atoms with Crippen molar-refractivity contribution < 1.29 is 0 Å². The Morgan fingerprint density at radius 3 is 1.19 bits per heavy atom. The molecule has 15 aromatic rings. The smallest absolute Gasteiger partial charge is 0.253 e. The van der Waals surface area contributed by atoms with Gasteiger partial charge in [-0.1, -0.05) is 287 Å². The third kappa shape index (κ3) is 9.33. The van der Waals surface area contributed by atoms with Gasteiger partial charge < -0.3 is 18.9 Å². The molecule has 0 saturated carbocycles. The van der Waals surface area contributed by atoms with Crippen LogP contribution in [0.15, 0.2) is 291 Å². The summed E-state index contributed by atoms with van der Waals surface area (Å²) >= 11 is 0. The second kappa shape index (κ2) is 21.9. The topological polar surface area (TPSA) is 16.3 Å². The second-order valence-electron chi connectivity index (χ2n) is 29.3. The van der Waals surface area contributed by atoms with Crippen LogP contribution in [0.2, 0.25) is 0 Å². The summed E-state index contributed by atoms with van der Waals surface area (Å²) in [5, 5.41) is 4.92. The van der Waals surface area contributed by atoms with E-state index in [0.717, 1.165) is 50.7 Å². The number of hydrogen-bond donors (Lipinski definition) is 0. The molecule has 17 rings (SSSR count). The molecule has 0 bridgehead atoms. The van der Waals surface area contributed by atoms with E-state index in [2.05, 4.69) is 372 Å². The van der Waals surface area contributed by atoms with E-state index in [4.69, 9.17) is 0 Å². The lowest BCUT2D eigenvalue weighted by molar-refractivity contribution is 0.590. The van der Waals surface area contributed by atoms with Gasteiger partial charge in [0.2, 0.25) is 0 Å². The molecule has 0 spiro atoms. The number of hydrogen-bond acceptors (Lipinski definition) is 2. The number of para-hydroxylation sites is 6. The summed E-state index contributed by atoms with van der Waals surface area (Å²) in [6.45, 7) is 20.7. The molecule has 0 radical (unpaired) electrons. The molecule has 0 saturated heterocycles. The zero-order valence-electron chi connectivity index (χ0n) is 55.6. The van der Waals surface area contributed by atoms with Gasteiger partial charge in [-0.25, -0.2) is 0 Å². The van der Waals surface area contributed by atoms with Crippen LogP contribution >= 0.6 is 0 Å². The van der Waals surface area contributed by atoms with Crippen molar-refractivity contribution in [1.82, 2.24) is 9.13 Å². The van der Waals surface area contributed by atoms with Crippen LogP contribution in [0.5, 0.6) is 0 Å². The van der Waals surface area contributed by atoms with E-state index in [1.165, 1.54) is 116 Å². The Morgan fingerprint density at radius 1 is 0.263 bits per heavy atom. The quantitative estimate of drug-likeness (QED) is 0.141. The van der Waals surface area contributed by atoms with Gasteiger partial charge in [-0.05, 0) is 138 Å². The first-order valence-corrected chi connectivity index (χ1v) is 33.7. The van der Waals surface area contributed by atoms with Gasteiger partial charge in [0.05, 0.1) is 39.1 Å². The predicted molar refractivity (Wildman–Crippen MR) is 407 cm³/mol. The Kier molecular flexibility index (Phi) is 13.3. The minimum Gasteiger partial charge on any atom is -0.311 e. The van der Waals surface area contributed by atoms with Crippen LogP contribution in [0.25, 0.3) is 99.5 Å². The van der Waals surface area contributed by atoms with Crippen molar-refractivity contribution in [3.8, 4) is 55.9 Å². The molecule has 458 valence electrons. The fourth-order valence-corrected chi connectivity index (χ4v) is 15.7. The first-order valence-electron chi connectivity index (χ1n) is 33.7. The van der Waals surface area contributed by atoms with E-state index in [0.29, 0.717) is 0 Å². The van der Waals surface area contributed by atoms with Crippen LogP contribution in [0.4, 0.5) is 34.1 Å². The van der Waals surface area contributed by atoms with E-state index >= 15 is 0 Å². The first-order chi connectivity index (χ1) is 46.1. The second-order valence-corrected chi connectivity index (χ2v) is 29.3. The monoisotopic (exact) mass is 1220 g/mol. The Balaban J connectivity index is 1.03. The van der Waals surface area contributed by atoms with Gasteiger partial charge in [0.1, 0.15) is 0 Å². The fourth-order valence-electron chi connectivity index (χ4n) is 15.7. The zero-order chi connectivity index (χ0) is 64.6. The molecule has 4 heterocycles. The molecule has 0 fully saturated rings. The number of nitrogens with zero attached hydrogens (tertiary/aromatic N) is 4. The first kappa shape index (κ1) is 58.0. The molecule has 0 amide bonds. The molecule has 2 aromatic heterocycles. The van der Waals surface area contributed by atoms with Gasteiger partial charge in [0.25, 0.3) is 6.71 Å². The molecule has 5 heteroatoms. The molecule has 0 unspecified atom stereocenters. The number of benzene rings is 13. The van der Waals surface area contributed by atoms with Gasteiger partial charge in [0, 0.05) is 72.2 Å². The molecule has 4 nitrogen and oxygen atoms in total. The molecule has 0 N–H and O–H groups in total. The maximum Gasteiger partial charge on any atom is 0.253 e. The van der Waals surface area contributed by atoms with Crippen molar-refractivity contribution in [2.24, 2.45) is 0 Å². The highest BCUT2D eigenvalue weighted by atomic mass is 15.2. The standard InChI is InChI=1S/C90H75BN4/c1-88(2,3)62-47-43-60(44-48-62)68-36-26-37-69(61-45-49-63(50-46-61)89(4,5)6)87(68)95-78-42-25-20-35-72(78)84-79(95)53-54-80-86(84)91-73-52-51-65(92-76-40-23-18-33-70(76)71-34-19-24-41-77(71)92)57-81(73)94(75-39-22-17-32-67(75)59-29-14-11-15-30-59)83-56-64(90(7,8)9)55-82(85(83)91)93(80)74-38-21-16-31-66(74)58-27-12-10-13-28-58/h10-57H,1-9H3. The lowest BCUT2D eigenvalue weighted by atomic mass is 9.33. The van der Waals surface area contributed by atoms with Gasteiger partial charge >= 0.3 is 0 Å². The van der Waals surface area contributed by atoms with E-state index in [9.17, 15) is 0 Å². The maximum atomic E-state index is 2.65. The molecular formula is C90H75BN4. The number of fused-ring (bicyclic) bond motifs is 11. The van der Waals surface area contributed by atoms with Crippen LogP contribution < -0.4 is 26.2 Å². The third-order valence-electron chi connectivity index (χ3n) is 20.4. The van der Waals surface area contributed by atoms with Crippen molar-refractivity contribution in [3.63, 3.8) is 0 Å². The molecule has 2 aliphatic rings. The summed E-state index contributed by atoms with van der Waals surface area (Å²) in [6.07, 6.45) is 0. The lowest BCUT2D eigenvalue weighted by Gasteiger charge is -2.46. The molecule has 0 atom stereocenters.